The lowest BCUT2D eigenvalue weighted by Crippen LogP contribution is -2.26. The summed E-state index contributed by atoms with van der Waals surface area (Å²) in [4.78, 5) is -1.13. The Labute approximate surface area is 117 Å². The summed E-state index contributed by atoms with van der Waals surface area (Å²) in [5.41, 5.74) is 0. The van der Waals surface area contributed by atoms with Gasteiger partial charge in [-0.15, -0.1) is 0 Å². The minimum absolute atomic E-state index is 0.0759. The van der Waals surface area contributed by atoms with Crippen LogP contribution in [0.3, 0.4) is 0 Å². The highest BCUT2D eigenvalue weighted by atomic mass is 32.2. The summed E-state index contributed by atoms with van der Waals surface area (Å²) in [7, 11) is -6.66. The van der Waals surface area contributed by atoms with Crippen LogP contribution in [0.1, 0.15) is 6.42 Å². The lowest BCUT2D eigenvalue weighted by atomic mass is 10.3. The van der Waals surface area contributed by atoms with E-state index in [0.29, 0.717) is 19.1 Å². The molecule has 0 aliphatic heterocycles. The van der Waals surface area contributed by atoms with Crippen LogP contribution >= 0.6 is 0 Å². The standard InChI is InChI=1S/C10H15FN2O5S2/c1-18-6-2-5-13-20(16,17)10-4-3-8(7-9(10)11)19(12,14)15/h3-4,7,13H,2,5-6H2,1H3,(H2,12,14,15). The van der Waals surface area contributed by atoms with Crippen LogP contribution in [0.15, 0.2) is 28.0 Å². The number of nitrogens with two attached hydrogens (primary N) is 1. The third kappa shape index (κ3) is 4.49. The van der Waals surface area contributed by atoms with Crippen molar-refractivity contribution in [1.29, 1.82) is 0 Å². The van der Waals surface area contributed by atoms with Crippen LogP contribution in [0.4, 0.5) is 4.39 Å². The van der Waals surface area contributed by atoms with Gasteiger partial charge in [-0.3, -0.25) is 0 Å². The molecule has 0 saturated heterocycles. The van der Waals surface area contributed by atoms with E-state index in [0.717, 1.165) is 12.1 Å². The molecule has 0 radical (unpaired) electrons. The van der Waals surface area contributed by atoms with Crippen LogP contribution < -0.4 is 9.86 Å². The van der Waals surface area contributed by atoms with Gasteiger partial charge >= 0.3 is 0 Å². The number of primary sulfonamides is 1. The van der Waals surface area contributed by atoms with E-state index >= 15 is 0 Å². The monoisotopic (exact) mass is 326 g/mol. The first-order chi connectivity index (χ1) is 9.18. The van der Waals surface area contributed by atoms with Crippen LogP contribution in [-0.4, -0.2) is 37.1 Å². The van der Waals surface area contributed by atoms with E-state index in [9.17, 15) is 21.2 Å². The third-order valence-corrected chi connectivity index (χ3v) is 4.74. The molecule has 114 valence electrons. The van der Waals surface area contributed by atoms with Crippen LogP contribution in [0.2, 0.25) is 0 Å². The minimum atomic E-state index is -4.08. The van der Waals surface area contributed by atoms with Crippen molar-refractivity contribution in [2.45, 2.75) is 16.2 Å². The highest BCUT2D eigenvalue weighted by molar-refractivity contribution is 7.89. The van der Waals surface area contributed by atoms with Gasteiger partial charge in [0.05, 0.1) is 4.90 Å². The average molecular weight is 326 g/mol. The third-order valence-electron chi connectivity index (χ3n) is 2.34. The van der Waals surface area contributed by atoms with Crippen LogP contribution in [-0.2, 0) is 24.8 Å². The normalized spacial score (nSPS) is 12.6. The van der Waals surface area contributed by atoms with E-state index in [1.807, 2.05) is 0 Å². The smallest absolute Gasteiger partial charge is 0.243 e. The van der Waals surface area contributed by atoms with Crippen molar-refractivity contribution in [2.24, 2.45) is 5.14 Å². The largest absolute Gasteiger partial charge is 0.385 e. The van der Waals surface area contributed by atoms with E-state index in [1.54, 1.807) is 0 Å². The Hall–Kier alpha value is -1.07. The molecule has 0 spiro atoms. The second-order valence-electron chi connectivity index (χ2n) is 3.88. The van der Waals surface area contributed by atoms with Gasteiger partial charge in [-0.2, -0.15) is 0 Å². The Morgan fingerprint density at radius 1 is 1.30 bits per heavy atom. The molecule has 0 heterocycles. The minimum Gasteiger partial charge on any atom is -0.385 e. The molecule has 0 aromatic heterocycles. The highest BCUT2D eigenvalue weighted by Gasteiger charge is 2.20. The molecule has 3 N–H and O–H groups in total. The summed E-state index contributed by atoms with van der Waals surface area (Å²) < 4.78 is 66.3. The molecule has 0 aliphatic rings. The predicted molar refractivity (Wildman–Crippen MR) is 69.5 cm³/mol. The van der Waals surface area contributed by atoms with Gasteiger partial charge in [0.2, 0.25) is 20.0 Å². The molecule has 0 fully saturated rings. The van der Waals surface area contributed by atoms with E-state index in [1.165, 1.54) is 7.11 Å². The summed E-state index contributed by atoms with van der Waals surface area (Å²) in [5, 5.41) is 4.82. The van der Waals surface area contributed by atoms with E-state index in [4.69, 9.17) is 9.88 Å². The van der Waals surface area contributed by atoms with Gasteiger partial charge in [-0.05, 0) is 24.6 Å². The van der Waals surface area contributed by atoms with Gasteiger partial charge in [0.1, 0.15) is 10.7 Å². The Balaban J connectivity index is 2.97. The molecular formula is C10H15FN2O5S2. The first-order valence-corrected chi connectivity index (χ1v) is 8.52. The average Bonchev–Trinajstić information content (AvgIpc) is 2.33. The first kappa shape index (κ1) is 17.0. The molecule has 0 saturated carbocycles. The molecule has 0 aliphatic carbocycles. The zero-order valence-electron chi connectivity index (χ0n) is 10.7. The molecule has 10 heteroatoms. The summed E-state index contributed by atoms with van der Waals surface area (Å²) >= 11 is 0. The summed E-state index contributed by atoms with van der Waals surface area (Å²) in [6.45, 7) is 0.432. The van der Waals surface area contributed by atoms with Gasteiger partial charge in [-0.25, -0.2) is 31.1 Å². The Morgan fingerprint density at radius 2 is 1.95 bits per heavy atom. The van der Waals surface area contributed by atoms with Crippen LogP contribution in [0.25, 0.3) is 0 Å². The predicted octanol–water partition coefficient (Wildman–Crippen LogP) is -0.212. The molecule has 1 aromatic carbocycles. The molecule has 0 amide bonds. The fraction of sp³-hybridized carbons (Fsp3) is 0.400. The van der Waals surface area contributed by atoms with Crippen molar-refractivity contribution >= 4 is 20.0 Å². The van der Waals surface area contributed by atoms with E-state index in [-0.39, 0.29) is 6.54 Å². The van der Waals surface area contributed by atoms with Crippen LogP contribution in [0, 0.1) is 5.82 Å². The number of hydrogen-bond donors (Lipinski definition) is 2. The zero-order chi connectivity index (χ0) is 15.4. The fourth-order valence-electron chi connectivity index (χ4n) is 1.38. The molecule has 20 heavy (non-hydrogen) atoms. The van der Waals surface area contributed by atoms with Gasteiger partial charge in [-0.1, -0.05) is 0 Å². The number of halogens is 1. The Kier molecular flexibility index (Phi) is 5.59. The maximum Gasteiger partial charge on any atom is 0.243 e. The number of nitrogens with one attached hydrogen (secondary N) is 1. The Bertz CT molecular complexity index is 673. The highest BCUT2D eigenvalue weighted by Crippen LogP contribution is 2.18. The fourth-order valence-corrected chi connectivity index (χ4v) is 3.03. The Morgan fingerprint density at radius 3 is 2.45 bits per heavy atom. The van der Waals surface area contributed by atoms with Gasteiger partial charge < -0.3 is 4.74 Å². The first-order valence-electron chi connectivity index (χ1n) is 5.49. The molecule has 1 aromatic rings. The van der Waals surface area contributed by atoms with Crippen molar-refractivity contribution in [3.63, 3.8) is 0 Å². The topological polar surface area (TPSA) is 116 Å². The molecule has 0 unspecified atom stereocenters. The van der Waals surface area contributed by atoms with Crippen molar-refractivity contribution in [3.05, 3.63) is 24.0 Å². The van der Waals surface area contributed by atoms with E-state index in [2.05, 4.69) is 4.72 Å². The summed E-state index contributed by atoms with van der Waals surface area (Å²) in [6.07, 6.45) is 0.423. The quantitative estimate of drug-likeness (QED) is 0.673. The van der Waals surface area contributed by atoms with Crippen molar-refractivity contribution in [2.75, 3.05) is 20.3 Å². The van der Waals surface area contributed by atoms with E-state index < -0.39 is 35.7 Å². The zero-order valence-corrected chi connectivity index (χ0v) is 12.3. The van der Waals surface area contributed by atoms with Gasteiger partial charge in [0.15, 0.2) is 0 Å². The summed E-state index contributed by atoms with van der Waals surface area (Å²) in [6, 6.07) is 2.36. The van der Waals surface area contributed by atoms with Crippen molar-refractivity contribution in [1.82, 2.24) is 4.72 Å². The molecular weight excluding hydrogens is 311 g/mol. The number of ether oxygens (including phenoxy) is 1. The number of rotatable bonds is 7. The lowest BCUT2D eigenvalue weighted by Gasteiger charge is -2.08. The number of hydrogen-bond acceptors (Lipinski definition) is 5. The van der Waals surface area contributed by atoms with Gasteiger partial charge in [0.25, 0.3) is 0 Å². The lowest BCUT2D eigenvalue weighted by molar-refractivity contribution is 0.196. The number of benzene rings is 1. The maximum atomic E-state index is 13.7. The van der Waals surface area contributed by atoms with Crippen molar-refractivity contribution in [3.8, 4) is 0 Å². The molecule has 1 rings (SSSR count). The molecule has 0 bridgehead atoms. The second-order valence-corrected chi connectivity index (χ2v) is 7.18. The molecule has 0 atom stereocenters. The number of sulfonamides is 2. The van der Waals surface area contributed by atoms with Crippen molar-refractivity contribution < 1.29 is 26.0 Å². The maximum absolute atomic E-state index is 13.7. The van der Waals surface area contributed by atoms with Crippen LogP contribution in [0.5, 0.6) is 0 Å². The summed E-state index contributed by atoms with van der Waals surface area (Å²) in [5.74, 6) is -1.18. The number of methoxy groups -OCH3 is 1. The van der Waals surface area contributed by atoms with Gasteiger partial charge in [0, 0.05) is 20.3 Å². The second kappa shape index (κ2) is 6.59. The SMILES string of the molecule is COCCCNS(=O)(=O)c1ccc(S(N)(=O)=O)cc1F. The molecule has 7 nitrogen and oxygen atoms in total.